The average molecular weight is 312 g/mol. The van der Waals surface area contributed by atoms with Crippen LogP contribution in [0.25, 0.3) is 16.8 Å². The zero-order valence-electron chi connectivity index (χ0n) is 12.4. The standard InChI is InChI=1S/C18H17FN2S/c1-3-5-14(6-4-2)17-16(13-7-9-15(19)10-8-13)20-18-21(17)11-12-22-18/h3-10H,1,11-12H2,2H3/b6-4-,14-5+. The zero-order chi connectivity index (χ0) is 15.5. The molecular weight excluding hydrogens is 295 g/mol. The second-order valence-electron chi connectivity index (χ2n) is 4.96. The first-order valence-electron chi connectivity index (χ1n) is 7.19. The number of benzene rings is 1. The largest absolute Gasteiger partial charge is 0.318 e. The summed E-state index contributed by atoms with van der Waals surface area (Å²) >= 11 is 1.75. The van der Waals surface area contributed by atoms with Crippen molar-refractivity contribution in [3.05, 3.63) is 66.7 Å². The van der Waals surface area contributed by atoms with Gasteiger partial charge in [-0.15, -0.1) is 0 Å². The zero-order valence-corrected chi connectivity index (χ0v) is 13.2. The van der Waals surface area contributed by atoms with Crippen molar-refractivity contribution in [2.45, 2.75) is 18.6 Å². The van der Waals surface area contributed by atoms with Crippen LogP contribution < -0.4 is 0 Å². The summed E-state index contributed by atoms with van der Waals surface area (Å²) in [5.41, 5.74) is 3.97. The van der Waals surface area contributed by atoms with Gasteiger partial charge in [0.15, 0.2) is 5.16 Å². The molecule has 2 aromatic rings. The minimum Gasteiger partial charge on any atom is -0.318 e. The van der Waals surface area contributed by atoms with Gasteiger partial charge >= 0.3 is 0 Å². The third-order valence-corrected chi connectivity index (χ3v) is 4.47. The second kappa shape index (κ2) is 6.36. The number of aromatic nitrogens is 2. The fourth-order valence-electron chi connectivity index (χ4n) is 2.60. The summed E-state index contributed by atoms with van der Waals surface area (Å²) < 4.78 is 15.4. The molecule has 0 aliphatic carbocycles. The summed E-state index contributed by atoms with van der Waals surface area (Å²) in [5.74, 6) is 0.803. The van der Waals surface area contributed by atoms with Gasteiger partial charge < -0.3 is 4.57 Å². The van der Waals surface area contributed by atoms with Gasteiger partial charge in [-0.1, -0.05) is 42.6 Å². The molecule has 0 amide bonds. The lowest BCUT2D eigenvalue weighted by molar-refractivity contribution is 0.628. The van der Waals surface area contributed by atoms with Crippen LogP contribution in [0, 0.1) is 5.82 Å². The van der Waals surface area contributed by atoms with Crippen LogP contribution in [0.15, 0.2) is 60.3 Å². The maximum Gasteiger partial charge on any atom is 0.169 e. The molecule has 0 unspecified atom stereocenters. The number of hydrogen-bond donors (Lipinski definition) is 0. The molecule has 0 N–H and O–H groups in total. The Morgan fingerprint density at radius 1 is 1.36 bits per heavy atom. The van der Waals surface area contributed by atoms with Gasteiger partial charge in [-0.3, -0.25) is 0 Å². The van der Waals surface area contributed by atoms with Crippen molar-refractivity contribution in [3.63, 3.8) is 0 Å². The van der Waals surface area contributed by atoms with E-state index in [1.54, 1.807) is 30.0 Å². The molecule has 2 nitrogen and oxygen atoms in total. The van der Waals surface area contributed by atoms with Crippen LogP contribution in [-0.4, -0.2) is 15.3 Å². The van der Waals surface area contributed by atoms with Gasteiger partial charge in [0.1, 0.15) is 5.82 Å². The molecule has 1 aliphatic rings. The lowest BCUT2D eigenvalue weighted by Crippen LogP contribution is -2.00. The summed E-state index contributed by atoms with van der Waals surface area (Å²) in [5, 5.41) is 1.02. The number of rotatable bonds is 4. The smallest absolute Gasteiger partial charge is 0.169 e. The fourth-order valence-corrected chi connectivity index (χ4v) is 3.55. The normalized spacial score (nSPS) is 14.5. The molecule has 4 heteroatoms. The highest BCUT2D eigenvalue weighted by atomic mass is 32.2. The maximum absolute atomic E-state index is 13.2. The van der Waals surface area contributed by atoms with Gasteiger partial charge in [0.25, 0.3) is 0 Å². The van der Waals surface area contributed by atoms with Gasteiger partial charge in [0.2, 0.25) is 0 Å². The molecule has 0 fully saturated rings. The lowest BCUT2D eigenvalue weighted by Gasteiger charge is -2.09. The summed E-state index contributed by atoms with van der Waals surface area (Å²) in [6.07, 6.45) is 7.83. The molecule has 1 aromatic heterocycles. The molecule has 1 aliphatic heterocycles. The van der Waals surface area contributed by atoms with E-state index in [2.05, 4.69) is 17.2 Å². The van der Waals surface area contributed by atoms with Crippen molar-refractivity contribution in [1.29, 1.82) is 0 Å². The van der Waals surface area contributed by atoms with E-state index in [-0.39, 0.29) is 5.82 Å². The molecule has 2 heterocycles. The van der Waals surface area contributed by atoms with Crippen LogP contribution in [0.3, 0.4) is 0 Å². The molecule has 1 aromatic carbocycles. The van der Waals surface area contributed by atoms with Crippen molar-refractivity contribution in [1.82, 2.24) is 9.55 Å². The van der Waals surface area contributed by atoms with E-state index in [0.29, 0.717) is 0 Å². The number of hydrogen-bond acceptors (Lipinski definition) is 2. The minimum absolute atomic E-state index is 0.235. The van der Waals surface area contributed by atoms with Crippen LogP contribution in [-0.2, 0) is 6.54 Å². The molecule has 0 spiro atoms. The number of allylic oxidation sites excluding steroid dienone is 5. The van der Waals surface area contributed by atoms with Gasteiger partial charge in [-0.05, 0) is 31.2 Å². The molecular formula is C18H17FN2S. The SMILES string of the molecule is C=C/C=C(\C=C/C)c1c(-c2ccc(F)cc2)nc2n1CCS2. The van der Waals surface area contributed by atoms with Gasteiger partial charge in [-0.2, -0.15) is 0 Å². The van der Waals surface area contributed by atoms with Crippen LogP contribution in [0.4, 0.5) is 4.39 Å². The van der Waals surface area contributed by atoms with Crippen LogP contribution in [0.5, 0.6) is 0 Å². The number of halogens is 1. The van der Waals surface area contributed by atoms with Crippen molar-refractivity contribution in [3.8, 4) is 11.3 Å². The Hall–Kier alpha value is -2.07. The Kier molecular flexibility index (Phi) is 4.29. The Balaban J connectivity index is 2.21. The third kappa shape index (κ3) is 2.66. The van der Waals surface area contributed by atoms with Crippen molar-refractivity contribution >= 4 is 17.3 Å². The fraction of sp³-hybridized carbons (Fsp3) is 0.167. The molecule has 0 atom stereocenters. The highest BCUT2D eigenvalue weighted by molar-refractivity contribution is 7.99. The quantitative estimate of drug-likeness (QED) is 0.744. The first-order valence-corrected chi connectivity index (χ1v) is 8.18. The molecule has 0 radical (unpaired) electrons. The lowest BCUT2D eigenvalue weighted by atomic mass is 10.0. The predicted octanol–water partition coefficient (Wildman–Crippen LogP) is 4.94. The summed E-state index contributed by atoms with van der Waals surface area (Å²) in [7, 11) is 0. The first kappa shape index (κ1) is 14.9. The molecule has 22 heavy (non-hydrogen) atoms. The topological polar surface area (TPSA) is 17.8 Å². The Labute approximate surface area is 134 Å². The van der Waals surface area contributed by atoms with E-state index in [4.69, 9.17) is 4.98 Å². The van der Waals surface area contributed by atoms with Crippen LogP contribution >= 0.6 is 11.8 Å². The molecule has 0 bridgehead atoms. The van der Waals surface area contributed by atoms with Crippen LogP contribution in [0.2, 0.25) is 0 Å². The molecule has 0 saturated carbocycles. The number of nitrogens with zero attached hydrogens (tertiary/aromatic N) is 2. The minimum atomic E-state index is -0.235. The number of thioether (sulfide) groups is 1. The van der Waals surface area contributed by atoms with Gasteiger partial charge in [0, 0.05) is 23.4 Å². The molecule has 112 valence electrons. The Morgan fingerprint density at radius 3 is 2.82 bits per heavy atom. The summed E-state index contributed by atoms with van der Waals surface area (Å²) in [6, 6.07) is 6.51. The van der Waals surface area contributed by atoms with E-state index >= 15 is 0 Å². The second-order valence-corrected chi connectivity index (χ2v) is 6.02. The van der Waals surface area contributed by atoms with Gasteiger partial charge in [0.05, 0.1) is 11.4 Å². The molecule has 0 saturated heterocycles. The predicted molar refractivity (Wildman–Crippen MR) is 91.3 cm³/mol. The maximum atomic E-state index is 13.2. The highest BCUT2D eigenvalue weighted by Gasteiger charge is 2.23. The van der Waals surface area contributed by atoms with Crippen molar-refractivity contribution in [2.75, 3.05) is 5.75 Å². The average Bonchev–Trinajstić information content (AvgIpc) is 3.08. The van der Waals surface area contributed by atoms with E-state index < -0.39 is 0 Å². The highest BCUT2D eigenvalue weighted by Crippen LogP contribution is 2.37. The van der Waals surface area contributed by atoms with Crippen molar-refractivity contribution in [2.24, 2.45) is 0 Å². The summed E-state index contributed by atoms with van der Waals surface area (Å²) in [4.78, 5) is 4.77. The number of imidazole rings is 1. The molecule has 3 rings (SSSR count). The monoisotopic (exact) mass is 312 g/mol. The Bertz CT molecular complexity index is 754. The summed E-state index contributed by atoms with van der Waals surface area (Å²) in [6.45, 7) is 6.74. The van der Waals surface area contributed by atoms with Gasteiger partial charge in [-0.25, -0.2) is 9.37 Å². The van der Waals surface area contributed by atoms with E-state index in [0.717, 1.165) is 40.0 Å². The first-order chi connectivity index (χ1) is 10.7. The van der Waals surface area contributed by atoms with E-state index in [1.165, 1.54) is 12.1 Å². The van der Waals surface area contributed by atoms with E-state index in [1.807, 2.05) is 19.1 Å². The third-order valence-electron chi connectivity index (χ3n) is 3.51. The van der Waals surface area contributed by atoms with Crippen molar-refractivity contribution < 1.29 is 4.39 Å². The van der Waals surface area contributed by atoms with Crippen LogP contribution in [0.1, 0.15) is 12.6 Å². The Morgan fingerprint density at radius 2 is 2.14 bits per heavy atom. The van der Waals surface area contributed by atoms with E-state index in [9.17, 15) is 4.39 Å². The number of fused-ring (bicyclic) bond motifs is 1.